The van der Waals surface area contributed by atoms with E-state index in [0.717, 1.165) is 25.1 Å². The Morgan fingerprint density at radius 3 is 2.78 bits per heavy atom. The predicted molar refractivity (Wildman–Crippen MR) is 72.2 cm³/mol. The summed E-state index contributed by atoms with van der Waals surface area (Å²) in [6.07, 6.45) is 5.40. The molecule has 0 aliphatic heterocycles. The van der Waals surface area contributed by atoms with Crippen LogP contribution in [0.5, 0.6) is 0 Å². The molecule has 1 aromatic heterocycles. The van der Waals surface area contributed by atoms with Gasteiger partial charge in [-0.05, 0) is 24.5 Å². The highest BCUT2D eigenvalue weighted by Crippen LogP contribution is 2.12. The second kappa shape index (κ2) is 6.41. The van der Waals surface area contributed by atoms with Crippen molar-refractivity contribution in [2.24, 2.45) is 0 Å². The standard InChI is InChI=1S/C15H15N3/c16-11-14-8-10-17-12-15(14)18-9-4-7-13-5-2-1-3-6-13/h1-3,5-6,8,10,12,18H,4,7,9H2. The first-order valence-corrected chi connectivity index (χ1v) is 6.02. The molecule has 3 nitrogen and oxygen atoms in total. The first-order valence-electron chi connectivity index (χ1n) is 6.02. The lowest BCUT2D eigenvalue weighted by Crippen LogP contribution is -2.04. The van der Waals surface area contributed by atoms with Crippen LogP contribution >= 0.6 is 0 Å². The third kappa shape index (κ3) is 3.33. The molecule has 18 heavy (non-hydrogen) atoms. The highest BCUT2D eigenvalue weighted by molar-refractivity contribution is 5.55. The minimum Gasteiger partial charge on any atom is -0.383 e. The van der Waals surface area contributed by atoms with Crippen molar-refractivity contribution in [3.63, 3.8) is 0 Å². The molecule has 1 heterocycles. The molecule has 0 radical (unpaired) electrons. The Morgan fingerprint density at radius 2 is 2.00 bits per heavy atom. The molecular formula is C15H15N3. The molecule has 0 aliphatic carbocycles. The molecule has 3 heteroatoms. The van der Waals surface area contributed by atoms with Gasteiger partial charge in [-0.15, -0.1) is 0 Å². The molecule has 1 N–H and O–H groups in total. The van der Waals surface area contributed by atoms with Crippen molar-refractivity contribution in [1.82, 2.24) is 4.98 Å². The van der Waals surface area contributed by atoms with E-state index in [4.69, 9.17) is 5.26 Å². The van der Waals surface area contributed by atoms with Gasteiger partial charge in [-0.2, -0.15) is 5.26 Å². The van der Waals surface area contributed by atoms with Crippen molar-refractivity contribution >= 4 is 5.69 Å². The van der Waals surface area contributed by atoms with E-state index >= 15 is 0 Å². The predicted octanol–water partition coefficient (Wildman–Crippen LogP) is 3.00. The summed E-state index contributed by atoms with van der Waals surface area (Å²) < 4.78 is 0. The van der Waals surface area contributed by atoms with Crippen LogP contribution in [0.1, 0.15) is 17.5 Å². The minimum atomic E-state index is 0.643. The molecule has 2 rings (SSSR count). The summed E-state index contributed by atoms with van der Waals surface area (Å²) in [5, 5.41) is 12.2. The average molecular weight is 237 g/mol. The number of pyridine rings is 1. The van der Waals surface area contributed by atoms with Crippen LogP contribution in [0.3, 0.4) is 0 Å². The summed E-state index contributed by atoms with van der Waals surface area (Å²) in [6.45, 7) is 0.843. The molecule has 0 saturated heterocycles. The van der Waals surface area contributed by atoms with E-state index in [2.05, 4.69) is 40.6 Å². The smallest absolute Gasteiger partial charge is 0.101 e. The number of hydrogen-bond donors (Lipinski definition) is 1. The Labute approximate surface area is 107 Å². The van der Waals surface area contributed by atoms with E-state index in [0.29, 0.717) is 5.56 Å². The van der Waals surface area contributed by atoms with E-state index in [-0.39, 0.29) is 0 Å². The number of nitriles is 1. The third-order valence-electron chi connectivity index (χ3n) is 2.74. The number of nitrogens with zero attached hydrogens (tertiary/aromatic N) is 2. The van der Waals surface area contributed by atoms with Gasteiger partial charge in [0.15, 0.2) is 0 Å². The van der Waals surface area contributed by atoms with Crippen molar-refractivity contribution in [2.75, 3.05) is 11.9 Å². The molecule has 0 amide bonds. The number of aryl methyl sites for hydroxylation is 1. The lowest BCUT2D eigenvalue weighted by molar-refractivity contribution is 0.862. The topological polar surface area (TPSA) is 48.7 Å². The Hall–Kier alpha value is -2.34. The maximum absolute atomic E-state index is 8.94. The normalized spacial score (nSPS) is 9.72. The zero-order valence-electron chi connectivity index (χ0n) is 10.1. The monoisotopic (exact) mass is 237 g/mol. The Bertz CT molecular complexity index is 529. The van der Waals surface area contributed by atoms with Gasteiger partial charge in [-0.3, -0.25) is 4.98 Å². The van der Waals surface area contributed by atoms with Crippen LogP contribution in [-0.4, -0.2) is 11.5 Å². The Morgan fingerprint density at radius 1 is 1.17 bits per heavy atom. The lowest BCUT2D eigenvalue weighted by Gasteiger charge is -2.07. The van der Waals surface area contributed by atoms with Gasteiger partial charge < -0.3 is 5.32 Å². The van der Waals surface area contributed by atoms with Gasteiger partial charge in [0.05, 0.1) is 17.4 Å². The first kappa shape index (κ1) is 12.1. The van der Waals surface area contributed by atoms with Crippen molar-refractivity contribution in [3.05, 3.63) is 59.9 Å². The third-order valence-corrected chi connectivity index (χ3v) is 2.74. The maximum Gasteiger partial charge on any atom is 0.101 e. The highest BCUT2D eigenvalue weighted by atomic mass is 14.9. The number of anilines is 1. The van der Waals surface area contributed by atoms with Crippen LogP contribution < -0.4 is 5.32 Å². The molecule has 0 fully saturated rings. The van der Waals surface area contributed by atoms with Crippen LogP contribution in [0.4, 0.5) is 5.69 Å². The second-order valence-corrected chi connectivity index (χ2v) is 4.05. The number of aromatic nitrogens is 1. The SMILES string of the molecule is N#Cc1ccncc1NCCCc1ccccc1. The highest BCUT2D eigenvalue weighted by Gasteiger charge is 1.99. The maximum atomic E-state index is 8.94. The number of benzene rings is 1. The summed E-state index contributed by atoms with van der Waals surface area (Å²) in [5.74, 6) is 0. The van der Waals surface area contributed by atoms with Gasteiger partial charge in [-0.1, -0.05) is 30.3 Å². The molecule has 0 aliphatic rings. The molecule has 0 bridgehead atoms. The van der Waals surface area contributed by atoms with E-state index in [1.165, 1.54) is 5.56 Å². The molecule has 0 unspecified atom stereocenters. The summed E-state index contributed by atoms with van der Waals surface area (Å²) in [4.78, 5) is 4.02. The fraction of sp³-hybridized carbons (Fsp3) is 0.200. The van der Waals surface area contributed by atoms with Crippen LogP contribution in [0.15, 0.2) is 48.8 Å². The summed E-state index contributed by atoms with van der Waals surface area (Å²) in [5.41, 5.74) is 2.80. The van der Waals surface area contributed by atoms with Crippen LogP contribution in [-0.2, 0) is 6.42 Å². The summed E-state index contributed by atoms with van der Waals surface area (Å²) in [7, 11) is 0. The molecule has 2 aromatic rings. The van der Waals surface area contributed by atoms with Gasteiger partial charge >= 0.3 is 0 Å². The van der Waals surface area contributed by atoms with Crippen molar-refractivity contribution in [3.8, 4) is 6.07 Å². The number of hydrogen-bond acceptors (Lipinski definition) is 3. The Kier molecular flexibility index (Phi) is 4.32. The van der Waals surface area contributed by atoms with Crippen LogP contribution in [0.25, 0.3) is 0 Å². The molecule has 0 spiro atoms. The number of rotatable bonds is 5. The van der Waals surface area contributed by atoms with Crippen molar-refractivity contribution in [2.45, 2.75) is 12.8 Å². The lowest BCUT2D eigenvalue weighted by atomic mass is 10.1. The molecular weight excluding hydrogens is 222 g/mol. The summed E-state index contributed by atoms with van der Waals surface area (Å²) in [6, 6.07) is 14.3. The van der Waals surface area contributed by atoms with E-state index < -0.39 is 0 Å². The minimum absolute atomic E-state index is 0.643. The van der Waals surface area contributed by atoms with Crippen molar-refractivity contribution < 1.29 is 0 Å². The van der Waals surface area contributed by atoms with Crippen molar-refractivity contribution in [1.29, 1.82) is 5.26 Å². The zero-order chi connectivity index (χ0) is 12.6. The van der Waals surface area contributed by atoms with Gasteiger partial charge in [0.1, 0.15) is 6.07 Å². The molecule has 90 valence electrons. The van der Waals surface area contributed by atoms with Gasteiger partial charge in [0, 0.05) is 12.7 Å². The second-order valence-electron chi connectivity index (χ2n) is 4.05. The molecule has 0 atom stereocenters. The largest absolute Gasteiger partial charge is 0.383 e. The summed E-state index contributed by atoms with van der Waals surface area (Å²) >= 11 is 0. The molecule has 1 aromatic carbocycles. The van der Waals surface area contributed by atoms with E-state index in [1.54, 1.807) is 18.5 Å². The van der Waals surface area contributed by atoms with Crippen LogP contribution in [0, 0.1) is 11.3 Å². The van der Waals surface area contributed by atoms with Gasteiger partial charge in [0.25, 0.3) is 0 Å². The number of nitrogens with one attached hydrogen (secondary N) is 1. The molecule has 0 saturated carbocycles. The average Bonchev–Trinajstić information content (AvgIpc) is 2.45. The quantitative estimate of drug-likeness (QED) is 0.813. The fourth-order valence-corrected chi connectivity index (χ4v) is 1.79. The van der Waals surface area contributed by atoms with E-state index in [1.807, 2.05) is 6.07 Å². The zero-order valence-corrected chi connectivity index (χ0v) is 10.1. The fourth-order valence-electron chi connectivity index (χ4n) is 1.79. The Balaban J connectivity index is 1.81. The first-order chi connectivity index (χ1) is 8.90. The van der Waals surface area contributed by atoms with E-state index in [9.17, 15) is 0 Å². The van der Waals surface area contributed by atoms with Crippen LogP contribution in [0.2, 0.25) is 0 Å². The van der Waals surface area contributed by atoms with Gasteiger partial charge in [-0.25, -0.2) is 0 Å². The van der Waals surface area contributed by atoms with Gasteiger partial charge in [0.2, 0.25) is 0 Å².